The number of anilines is 1. The highest BCUT2D eigenvalue weighted by Crippen LogP contribution is 2.35. The molecule has 0 unspecified atom stereocenters. The zero-order valence-corrected chi connectivity index (χ0v) is 23.3. The molecule has 2 saturated heterocycles. The number of aryl methyl sites for hydroxylation is 2. The van der Waals surface area contributed by atoms with Gasteiger partial charge in [0.2, 0.25) is 5.91 Å². The number of thioether (sulfide) groups is 1. The summed E-state index contributed by atoms with van der Waals surface area (Å²) in [6.07, 6.45) is 4.55. The van der Waals surface area contributed by atoms with Gasteiger partial charge in [-0.05, 0) is 92.8 Å². The molecule has 4 amide bonds. The summed E-state index contributed by atoms with van der Waals surface area (Å²) in [5.74, 6) is -0.213. The van der Waals surface area contributed by atoms with Gasteiger partial charge in [-0.15, -0.1) is 0 Å². The highest BCUT2D eigenvalue weighted by Gasteiger charge is 2.37. The maximum atomic E-state index is 12.9. The van der Waals surface area contributed by atoms with Gasteiger partial charge in [-0.25, -0.2) is 0 Å². The Hall–Kier alpha value is -3.79. The molecule has 2 aromatic carbocycles. The fourth-order valence-electron chi connectivity index (χ4n) is 4.37. The quantitative estimate of drug-likeness (QED) is 0.448. The Kier molecular flexibility index (Phi) is 9.29. The van der Waals surface area contributed by atoms with Crippen molar-refractivity contribution in [1.82, 2.24) is 9.80 Å². The lowest BCUT2D eigenvalue weighted by molar-refractivity contribution is -0.136. The summed E-state index contributed by atoms with van der Waals surface area (Å²) in [4.78, 5) is 53.5. The Balaban J connectivity index is 1.41. The predicted octanol–water partition coefficient (Wildman–Crippen LogP) is 4.77. The number of nitrogens with one attached hydrogen (secondary N) is 1. The number of likely N-dealkylation sites (tertiary alicyclic amines) is 1. The van der Waals surface area contributed by atoms with Crippen LogP contribution in [0.3, 0.4) is 0 Å². The fraction of sp³-hybridized carbons (Fsp3) is 0.379. The number of benzene rings is 2. The fourth-order valence-corrected chi connectivity index (χ4v) is 5.21. The number of hydrogen-bond donors (Lipinski definition) is 1. The molecule has 4 rings (SSSR count). The van der Waals surface area contributed by atoms with E-state index in [1.807, 2.05) is 39.0 Å². The number of nitrogens with zero attached hydrogens (tertiary/aromatic N) is 2. The van der Waals surface area contributed by atoms with Crippen molar-refractivity contribution in [2.75, 3.05) is 38.2 Å². The van der Waals surface area contributed by atoms with Gasteiger partial charge in [0.05, 0.1) is 11.5 Å². The van der Waals surface area contributed by atoms with Gasteiger partial charge in [0, 0.05) is 18.8 Å². The summed E-state index contributed by atoms with van der Waals surface area (Å²) in [5.41, 5.74) is 3.35. The summed E-state index contributed by atoms with van der Waals surface area (Å²) in [5, 5.41) is 2.40. The zero-order chi connectivity index (χ0) is 27.9. The van der Waals surface area contributed by atoms with Crippen LogP contribution < -0.4 is 14.8 Å². The second-order valence-electron chi connectivity index (χ2n) is 9.50. The second-order valence-corrected chi connectivity index (χ2v) is 10.5. The number of ether oxygens (including phenoxy) is 2. The zero-order valence-electron chi connectivity index (χ0n) is 22.5. The number of rotatable bonds is 9. The van der Waals surface area contributed by atoms with Crippen molar-refractivity contribution in [2.24, 2.45) is 0 Å². The lowest BCUT2D eigenvalue weighted by Crippen LogP contribution is -2.44. The predicted molar refractivity (Wildman–Crippen MR) is 151 cm³/mol. The number of imide groups is 1. The van der Waals surface area contributed by atoms with E-state index in [1.165, 1.54) is 0 Å². The van der Waals surface area contributed by atoms with Gasteiger partial charge < -0.3 is 19.7 Å². The molecule has 2 aliphatic rings. The Morgan fingerprint density at radius 3 is 2.51 bits per heavy atom. The third-order valence-electron chi connectivity index (χ3n) is 6.47. The molecule has 0 aromatic heterocycles. The van der Waals surface area contributed by atoms with E-state index in [1.54, 1.807) is 29.2 Å². The molecule has 2 heterocycles. The van der Waals surface area contributed by atoms with Crippen LogP contribution in [0.4, 0.5) is 10.5 Å². The van der Waals surface area contributed by atoms with E-state index in [0.717, 1.165) is 52.7 Å². The van der Waals surface area contributed by atoms with Crippen molar-refractivity contribution < 1.29 is 28.7 Å². The Bertz CT molecular complexity index is 1300. The molecule has 2 fully saturated rings. The van der Waals surface area contributed by atoms with Crippen LogP contribution in [0.25, 0.3) is 6.08 Å². The van der Waals surface area contributed by atoms with E-state index < -0.39 is 11.1 Å². The molecular formula is C29H33N3O6S. The number of hydrogen-bond acceptors (Lipinski definition) is 7. The molecule has 2 aromatic rings. The van der Waals surface area contributed by atoms with Gasteiger partial charge in [0.25, 0.3) is 17.1 Å². The molecular weight excluding hydrogens is 518 g/mol. The minimum absolute atomic E-state index is 0.208. The summed E-state index contributed by atoms with van der Waals surface area (Å²) in [7, 11) is 0. The monoisotopic (exact) mass is 551 g/mol. The number of carbonyl (C=O) groups excluding carboxylic acids is 4. The Morgan fingerprint density at radius 1 is 1.00 bits per heavy atom. The van der Waals surface area contributed by atoms with E-state index >= 15 is 0 Å². The molecule has 0 bridgehead atoms. The summed E-state index contributed by atoms with van der Waals surface area (Å²) in [6, 6.07) is 10.9. The molecule has 39 heavy (non-hydrogen) atoms. The van der Waals surface area contributed by atoms with Gasteiger partial charge >= 0.3 is 0 Å². The Labute approximate surface area is 232 Å². The van der Waals surface area contributed by atoms with Gasteiger partial charge in [-0.2, -0.15) is 0 Å². The average molecular weight is 552 g/mol. The molecule has 9 nitrogen and oxygen atoms in total. The van der Waals surface area contributed by atoms with E-state index in [4.69, 9.17) is 9.47 Å². The van der Waals surface area contributed by atoms with Gasteiger partial charge in [0.1, 0.15) is 6.54 Å². The van der Waals surface area contributed by atoms with Crippen LogP contribution in [-0.2, 0) is 14.4 Å². The maximum Gasteiger partial charge on any atom is 0.294 e. The minimum Gasteiger partial charge on any atom is -0.490 e. The molecule has 2 aliphatic heterocycles. The summed E-state index contributed by atoms with van der Waals surface area (Å²) < 4.78 is 11.5. The number of amides is 4. The van der Waals surface area contributed by atoms with E-state index in [9.17, 15) is 19.2 Å². The minimum atomic E-state index is -0.489. The van der Waals surface area contributed by atoms with Crippen molar-refractivity contribution in [1.29, 1.82) is 0 Å². The van der Waals surface area contributed by atoms with Crippen LogP contribution in [0.1, 0.15) is 42.9 Å². The standard InChI is InChI=1S/C29H33N3O6S/c1-4-37-24-15-21(10-11-23(24)38-18-26(33)30-22-14-19(2)8-9-20(22)3)16-25-28(35)32(29(36)39-25)17-27(34)31-12-6-5-7-13-31/h8-11,14-16H,4-7,12-13,17-18H2,1-3H3,(H,30,33)/b25-16-. The molecule has 206 valence electrons. The topological polar surface area (TPSA) is 105 Å². The van der Waals surface area contributed by atoms with E-state index in [0.29, 0.717) is 36.8 Å². The van der Waals surface area contributed by atoms with Gasteiger partial charge in [-0.1, -0.05) is 18.2 Å². The first-order valence-electron chi connectivity index (χ1n) is 13.0. The highest BCUT2D eigenvalue weighted by molar-refractivity contribution is 8.18. The van der Waals surface area contributed by atoms with E-state index in [2.05, 4.69) is 5.32 Å². The number of piperidine rings is 1. The third kappa shape index (κ3) is 7.20. The van der Waals surface area contributed by atoms with Crippen LogP contribution in [0.15, 0.2) is 41.3 Å². The van der Waals surface area contributed by atoms with Crippen LogP contribution in [0.2, 0.25) is 0 Å². The van der Waals surface area contributed by atoms with Crippen LogP contribution in [0, 0.1) is 13.8 Å². The first-order valence-corrected chi connectivity index (χ1v) is 13.9. The Morgan fingerprint density at radius 2 is 1.77 bits per heavy atom. The van der Waals surface area contributed by atoms with Gasteiger partial charge in [-0.3, -0.25) is 24.1 Å². The second kappa shape index (κ2) is 12.8. The van der Waals surface area contributed by atoms with Crippen LogP contribution in [0.5, 0.6) is 11.5 Å². The third-order valence-corrected chi connectivity index (χ3v) is 7.37. The summed E-state index contributed by atoms with van der Waals surface area (Å²) in [6.45, 7) is 6.93. The molecule has 10 heteroatoms. The molecule has 0 saturated carbocycles. The van der Waals surface area contributed by atoms with Gasteiger partial charge in [0.15, 0.2) is 18.1 Å². The molecule has 0 radical (unpaired) electrons. The largest absolute Gasteiger partial charge is 0.490 e. The summed E-state index contributed by atoms with van der Waals surface area (Å²) >= 11 is 0.809. The van der Waals surface area contributed by atoms with Crippen molar-refractivity contribution in [3.05, 3.63) is 58.0 Å². The average Bonchev–Trinajstić information content (AvgIpc) is 3.18. The van der Waals surface area contributed by atoms with Crippen molar-refractivity contribution in [2.45, 2.75) is 40.0 Å². The number of carbonyl (C=O) groups is 4. The van der Waals surface area contributed by atoms with E-state index in [-0.39, 0.29) is 29.9 Å². The van der Waals surface area contributed by atoms with Crippen molar-refractivity contribution in [3.8, 4) is 11.5 Å². The molecule has 1 N–H and O–H groups in total. The highest BCUT2D eigenvalue weighted by atomic mass is 32.2. The van der Waals surface area contributed by atoms with Crippen molar-refractivity contribution in [3.63, 3.8) is 0 Å². The SMILES string of the molecule is CCOc1cc(/C=C2\SC(=O)N(CC(=O)N3CCCCC3)C2=O)ccc1OCC(=O)Nc1cc(C)ccc1C. The lowest BCUT2D eigenvalue weighted by Gasteiger charge is -2.27. The smallest absolute Gasteiger partial charge is 0.294 e. The maximum absolute atomic E-state index is 12.9. The lowest BCUT2D eigenvalue weighted by atomic mass is 10.1. The first kappa shape index (κ1) is 28.2. The molecule has 0 aliphatic carbocycles. The van der Waals surface area contributed by atoms with Crippen molar-refractivity contribution >= 4 is 46.5 Å². The normalized spacial score (nSPS) is 16.5. The van der Waals surface area contributed by atoms with Crippen LogP contribution >= 0.6 is 11.8 Å². The first-order chi connectivity index (χ1) is 18.7. The molecule has 0 atom stereocenters. The van der Waals surface area contributed by atoms with Crippen LogP contribution in [-0.4, -0.2) is 65.6 Å². The molecule has 0 spiro atoms.